The molecule has 0 aromatic heterocycles. The molecule has 0 N–H and O–H groups in total. The van der Waals surface area contributed by atoms with Gasteiger partial charge in [-0.15, -0.1) is 0 Å². The van der Waals surface area contributed by atoms with Gasteiger partial charge in [0.1, 0.15) is 0 Å². The zero-order valence-electron chi connectivity index (χ0n) is 31.5. The lowest BCUT2D eigenvalue weighted by Gasteiger charge is -2.06. The van der Waals surface area contributed by atoms with Crippen LogP contribution in [0.2, 0.25) is 0 Å². The van der Waals surface area contributed by atoms with E-state index < -0.39 is 0 Å². The van der Waals surface area contributed by atoms with Crippen molar-refractivity contribution >= 4 is 5.97 Å². The van der Waals surface area contributed by atoms with E-state index >= 15 is 0 Å². The number of carbonyl (C=O) groups is 1. The SMILES string of the molecule is CCCCC=CCCCCCCCC(=O)OCCCCCCCCCCCCCCCCCCCCCCCCCCC(C)C. The lowest BCUT2D eigenvalue weighted by Crippen LogP contribution is -2.05. The van der Waals surface area contributed by atoms with Crippen molar-refractivity contribution in [1.82, 2.24) is 0 Å². The van der Waals surface area contributed by atoms with E-state index in [9.17, 15) is 4.79 Å². The maximum absolute atomic E-state index is 11.9. The summed E-state index contributed by atoms with van der Waals surface area (Å²) < 4.78 is 5.44. The standard InChI is InChI=1S/C43H84O2/c1-4-5-6-7-8-9-24-28-31-34-37-40-43(44)45-41-38-35-32-29-26-23-21-19-17-15-13-11-10-12-14-16-18-20-22-25-27-30-33-36-39-42(2)3/h7-8,42H,4-6,9-41H2,1-3H3. The van der Waals surface area contributed by atoms with Crippen LogP contribution in [0.25, 0.3) is 0 Å². The first kappa shape index (κ1) is 44.2. The molecule has 0 aliphatic heterocycles. The fraction of sp³-hybridized carbons (Fsp3) is 0.930. The fourth-order valence-corrected chi connectivity index (χ4v) is 6.42. The number of esters is 1. The summed E-state index contributed by atoms with van der Waals surface area (Å²) in [7, 11) is 0. The van der Waals surface area contributed by atoms with Gasteiger partial charge in [-0.25, -0.2) is 0 Å². The fourth-order valence-electron chi connectivity index (χ4n) is 6.42. The Kier molecular flexibility index (Phi) is 38.7. The third kappa shape index (κ3) is 41.2. The highest BCUT2D eigenvalue weighted by Gasteiger charge is 2.03. The van der Waals surface area contributed by atoms with E-state index in [1.807, 2.05) is 0 Å². The molecule has 0 atom stereocenters. The van der Waals surface area contributed by atoms with Crippen molar-refractivity contribution in [1.29, 1.82) is 0 Å². The molecule has 0 fully saturated rings. The summed E-state index contributed by atoms with van der Waals surface area (Å²) in [6, 6.07) is 0. The molecule has 0 aromatic rings. The minimum Gasteiger partial charge on any atom is -0.466 e. The summed E-state index contributed by atoms with van der Waals surface area (Å²) >= 11 is 0. The molecule has 0 saturated carbocycles. The summed E-state index contributed by atoms with van der Waals surface area (Å²) in [5.41, 5.74) is 0. The van der Waals surface area contributed by atoms with E-state index in [-0.39, 0.29) is 5.97 Å². The molecule has 0 unspecified atom stereocenters. The minimum atomic E-state index is 0.0169. The maximum atomic E-state index is 11.9. The largest absolute Gasteiger partial charge is 0.466 e. The molecule has 2 nitrogen and oxygen atoms in total. The number of hydrogen-bond acceptors (Lipinski definition) is 2. The molecule has 0 aromatic carbocycles. The smallest absolute Gasteiger partial charge is 0.305 e. The van der Waals surface area contributed by atoms with E-state index in [1.54, 1.807) is 0 Å². The normalized spacial score (nSPS) is 11.7. The Labute approximate surface area is 285 Å². The van der Waals surface area contributed by atoms with Crippen LogP contribution in [-0.2, 0) is 9.53 Å². The van der Waals surface area contributed by atoms with Crippen LogP contribution in [-0.4, -0.2) is 12.6 Å². The van der Waals surface area contributed by atoms with Crippen LogP contribution in [0.5, 0.6) is 0 Å². The Bertz CT molecular complexity index is 580. The molecule has 2 heteroatoms. The summed E-state index contributed by atoms with van der Waals surface area (Å²) in [6.45, 7) is 7.56. The lowest BCUT2D eigenvalue weighted by molar-refractivity contribution is -0.143. The van der Waals surface area contributed by atoms with E-state index in [2.05, 4.69) is 32.9 Å². The van der Waals surface area contributed by atoms with E-state index in [4.69, 9.17) is 4.74 Å². The predicted molar refractivity (Wildman–Crippen MR) is 202 cm³/mol. The molecule has 0 bridgehead atoms. The summed E-state index contributed by atoms with van der Waals surface area (Å²) in [4.78, 5) is 11.9. The molecule has 268 valence electrons. The Morgan fingerprint density at radius 1 is 0.444 bits per heavy atom. The van der Waals surface area contributed by atoms with Crippen LogP contribution in [0.4, 0.5) is 0 Å². The third-order valence-corrected chi connectivity index (χ3v) is 9.58. The van der Waals surface area contributed by atoms with Crippen molar-refractivity contribution in [3.05, 3.63) is 12.2 Å². The van der Waals surface area contributed by atoms with Gasteiger partial charge in [0.2, 0.25) is 0 Å². The van der Waals surface area contributed by atoms with Gasteiger partial charge in [0.25, 0.3) is 0 Å². The third-order valence-electron chi connectivity index (χ3n) is 9.58. The molecule has 0 radical (unpaired) electrons. The van der Waals surface area contributed by atoms with E-state index in [0.29, 0.717) is 13.0 Å². The van der Waals surface area contributed by atoms with Gasteiger partial charge < -0.3 is 4.74 Å². The molecule has 0 rings (SSSR count). The lowest BCUT2D eigenvalue weighted by atomic mass is 10.0. The molecular formula is C43H84O2. The average Bonchev–Trinajstić information content (AvgIpc) is 3.03. The first-order valence-electron chi connectivity index (χ1n) is 21.0. The number of carbonyl (C=O) groups excluding carboxylic acids is 1. The van der Waals surface area contributed by atoms with Crippen molar-refractivity contribution in [3.8, 4) is 0 Å². The van der Waals surface area contributed by atoms with Gasteiger partial charge in [-0.05, 0) is 38.0 Å². The van der Waals surface area contributed by atoms with Crippen LogP contribution >= 0.6 is 0 Å². The molecule has 0 heterocycles. The van der Waals surface area contributed by atoms with Crippen molar-refractivity contribution in [2.24, 2.45) is 5.92 Å². The van der Waals surface area contributed by atoms with Gasteiger partial charge in [-0.2, -0.15) is 0 Å². The number of unbranched alkanes of at least 4 members (excludes halogenated alkanes) is 30. The molecule has 0 aliphatic rings. The maximum Gasteiger partial charge on any atom is 0.305 e. The zero-order chi connectivity index (χ0) is 32.7. The highest BCUT2D eigenvalue weighted by Crippen LogP contribution is 2.16. The first-order chi connectivity index (χ1) is 22.2. The zero-order valence-corrected chi connectivity index (χ0v) is 31.5. The van der Waals surface area contributed by atoms with Crippen LogP contribution in [0.15, 0.2) is 12.2 Å². The number of rotatable bonds is 38. The molecule has 0 aliphatic carbocycles. The summed E-state index contributed by atoms with van der Waals surface area (Å²) in [6.07, 6.45) is 51.7. The highest BCUT2D eigenvalue weighted by molar-refractivity contribution is 5.69. The van der Waals surface area contributed by atoms with Crippen molar-refractivity contribution < 1.29 is 9.53 Å². The van der Waals surface area contributed by atoms with Crippen molar-refractivity contribution in [2.75, 3.05) is 6.61 Å². The number of allylic oxidation sites excluding steroid dienone is 2. The first-order valence-corrected chi connectivity index (χ1v) is 21.0. The Balaban J connectivity index is 3.14. The molecule has 0 amide bonds. The predicted octanol–water partition coefficient (Wildman–Crippen LogP) is 15.4. The number of ether oxygens (including phenoxy) is 1. The van der Waals surface area contributed by atoms with Gasteiger partial charge in [0.05, 0.1) is 6.61 Å². The average molecular weight is 633 g/mol. The van der Waals surface area contributed by atoms with Crippen molar-refractivity contribution in [2.45, 2.75) is 245 Å². The monoisotopic (exact) mass is 633 g/mol. The second-order valence-corrected chi connectivity index (χ2v) is 14.8. The highest BCUT2D eigenvalue weighted by atomic mass is 16.5. The van der Waals surface area contributed by atoms with Gasteiger partial charge in [0, 0.05) is 6.42 Å². The molecule has 45 heavy (non-hydrogen) atoms. The quantitative estimate of drug-likeness (QED) is 0.0384. The van der Waals surface area contributed by atoms with Crippen LogP contribution in [0.1, 0.15) is 245 Å². The van der Waals surface area contributed by atoms with Crippen molar-refractivity contribution in [3.63, 3.8) is 0 Å². The van der Waals surface area contributed by atoms with Gasteiger partial charge >= 0.3 is 5.97 Å². The minimum absolute atomic E-state index is 0.0169. The number of hydrogen-bond donors (Lipinski definition) is 0. The van der Waals surface area contributed by atoms with E-state index in [1.165, 1.54) is 199 Å². The second-order valence-electron chi connectivity index (χ2n) is 14.8. The molecular weight excluding hydrogens is 548 g/mol. The van der Waals surface area contributed by atoms with E-state index in [0.717, 1.165) is 25.2 Å². The topological polar surface area (TPSA) is 26.3 Å². The summed E-state index contributed by atoms with van der Waals surface area (Å²) in [5.74, 6) is 0.903. The second kappa shape index (κ2) is 39.4. The van der Waals surface area contributed by atoms with Crippen LogP contribution < -0.4 is 0 Å². The van der Waals surface area contributed by atoms with Gasteiger partial charge in [0.15, 0.2) is 0 Å². The molecule has 0 saturated heterocycles. The van der Waals surface area contributed by atoms with Gasteiger partial charge in [-0.1, -0.05) is 219 Å². The Hall–Kier alpha value is -0.790. The Morgan fingerprint density at radius 2 is 0.778 bits per heavy atom. The Morgan fingerprint density at radius 3 is 1.18 bits per heavy atom. The van der Waals surface area contributed by atoms with Gasteiger partial charge in [-0.3, -0.25) is 4.79 Å². The van der Waals surface area contributed by atoms with Crippen LogP contribution in [0.3, 0.4) is 0 Å². The summed E-state index contributed by atoms with van der Waals surface area (Å²) in [5, 5.41) is 0. The van der Waals surface area contributed by atoms with Crippen LogP contribution in [0, 0.1) is 5.92 Å². The molecule has 0 spiro atoms.